The molecule has 2 amide bonds. The summed E-state index contributed by atoms with van der Waals surface area (Å²) in [5.74, 6) is -0.351. The maximum absolute atomic E-state index is 12.7. The van der Waals surface area contributed by atoms with E-state index in [1.807, 2.05) is 30.3 Å². The molecule has 0 unspecified atom stereocenters. The largest absolute Gasteiger partial charge is 0.387 e. The first kappa shape index (κ1) is 17.9. The first-order valence-electron chi connectivity index (χ1n) is 9.58. The van der Waals surface area contributed by atoms with Crippen LogP contribution in [0.5, 0.6) is 0 Å². The summed E-state index contributed by atoms with van der Waals surface area (Å²) in [6, 6.07) is 16.7. The molecule has 0 bridgehead atoms. The standard InChI is InChI=1S/C22H24N2O3/c25-20(15-7-2-1-3-8-15)14-23-16-9-6-10-17(13-16)24-21(26)18-11-4-5-12-19(18)22(24)27/h1-5,7-8,11-12,16-17,20,23,25H,6,9-10,13-14H2/t16-,17+,20+/m0/s1. The number of aliphatic hydroxyl groups excluding tert-OH is 1. The van der Waals surface area contributed by atoms with Crippen molar-refractivity contribution in [3.63, 3.8) is 0 Å². The summed E-state index contributed by atoms with van der Waals surface area (Å²) in [6.45, 7) is 0.462. The number of carbonyl (C=O) groups is 2. The lowest BCUT2D eigenvalue weighted by Crippen LogP contribution is -2.47. The molecule has 27 heavy (non-hydrogen) atoms. The number of carbonyl (C=O) groups excluding carboxylic acids is 2. The third kappa shape index (κ3) is 3.53. The van der Waals surface area contributed by atoms with Gasteiger partial charge in [-0.3, -0.25) is 14.5 Å². The van der Waals surface area contributed by atoms with Crippen LogP contribution < -0.4 is 5.32 Å². The maximum atomic E-state index is 12.7. The molecule has 4 rings (SSSR count). The van der Waals surface area contributed by atoms with E-state index in [2.05, 4.69) is 5.32 Å². The highest BCUT2D eigenvalue weighted by atomic mass is 16.3. The van der Waals surface area contributed by atoms with Crippen molar-refractivity contribution >= 4 is 11.8 Å². The summed E-state index contributed by atoms with van der Waals surface area (Å²) in [7, 11) is 0. The predicted molar refractivity (Wildman–Crippen MR) is 102 cm³/mol. The van der Waals surface area contributed by atoms with Crippen molar-refractivity contribution < 1.29 is 14.7 Å². The van der Waals surface area contributed by atoms with E-state index in [4.69, 9.17) is 0 Å². The minimum atomic E-state index is -0.564. The Hall–Kier alpha value is -2.50. The topological polar surface area (TPSA) is 69.6 Å². The summed E-state index contributed by atoms with van der Waals surface area (Å²) in [6.07, 6.45) is 2.95. The Kier molecular flexibility index (Phi) is 5.05. The maximum Gasteiger partial charge on any atom is 0.261 e. The van der Waals surface area contributed by atoms with Gasteiger partial charge in [0.25, 0.3) is 11.8 Å². The molecule has 2 aliphatic rings. The van der Waals surface area contributed by atoms with Gasteiger partial charge in [-0.2, -0.15) is 0 Å². The van der Waals surface area contributed by atoms with Crippen molar-refractivity contribution in [1.29, 1.82) is 0 Å². The highest BCUT2D eigenvalue weighted by molar-refractivity contribution is 6.21. The Balaban J connectivity index is 1.39. The van der Waals surface area contributed by atoms with Crippen LogP contribution in [0.1, 0.15) is 58.1 Å². The van der Waals surface area contributed by atoms with Gasteiger partial charge in [0, 0.05) is 18.6 Å². The van der Waals surface area contributed by atoms with Crippen LogP contribution in [0, 0.1) is 0 Å². The number of imide groups is 1. The molecule has 1 fully saturated rings. The summed E-state index contributed by atoms with van der Waals surface area (Å²) >= 11 is 0. The van der Waals surface area contributed by atoms with Crippen LogP contribution in [-0.4, -0.2) is 40.4 Å². The van der Waals surface area contributed by atoms with Crippen LogP contribution in [-0.2, 0) is 0 Å². The zero-order chi connectivity index (χ0) is 18.8. The minimum absolute atomic E-state index is 0.0856. The normalized spacial score (nSPS) is 23.4. The van der Waals surface area contributed by atoms with E-state index in [0.29, 0.717) is 17.7 Å². The second kappa shape index (κ2) is 7.62. The molecular weight excluding hydrogens is 340 g/mol. The molecule has 2 aromatic carbocycles. The van der Waals surface area contributed by atoms with Gasteiger partial charge in [-0.15, -0.1) is 0 Å². The van der Waals surface area contributed by atoms with E-state index in [1.165, 1.54) is 4.90 Å². The van der Waals surface area contributed by atoms with Crippen molar-refractivity contribution in [2.45, 2.75) is 43.9 Å². The van der Waals surface area contributed by atoms with Crippen molar-refractivity contribution in [1.82, 2.24) is 10.2 Å². The molecule has 0 spiro atoms. The number of aliphatic hydroxyl groups is 1. The molecule has 3 atom stereocenters. The lowest BCUT2D eigenvalue weighted by atomic mass is 9.89. The molecule has 0 aromatic heterocycles. The third-order valence-electron chi connectivity index (χ3n) is 5.62. The van der Waals surface area contributed by atoms with Crippen LogP contribution >= 0.6 is 0 Å². The van der Waals surface area contributed by atoms with Crippen LogP contribution in [0.15, 0.2) is 54.6 Å². The van der Waals surface area contributed by atoms with Gasteiger partial charge in [-0.05, 0) is 43.4 Å². The SMILES string of the molecule is O=C1c2ccccc2C(=O)N1[C@@H]1CCC[C@H](NC[C@@H](O)c2ccccc2)C1. The minimum Gasteiger partial charge on any atom is -0.387 e. The smallest absolute Gasteiger partial charge is 0.261 e. The number of nitrogens with one attached hydrogen (secondary N) is 1. The number of hydrogen-bond donors (Lipinski definition) is 2. The average Bonchev–Trinajstić information content (AvgIpc) is 2.98. The first-order chi connectivity index (χ1) is 13.1. The molecule has 1 saturated carbocycles. The molecule has 1 heterocycles. The van der Waals surface area contributed by atoms with E-state index in [9.17, 15) is 14.7 Å². The molecule has 5 heteroatoms. The number of hydrogen-bond acceptors (Lipinski definition) is 4. The lowest BCUT2D eigenvalue weighted by Gasteiger charge is -2.35. The van der Waals surface area contributed by atoms with Gasteiger partial charge < -0.3 is 10.4 Å². The van der Waals surface area contributed by atoms with Crippen molar-refractivity contribution in [3.8, 4) is 0 Å². The Labute approximate surface area is 159 Å². The number of benzene rings is 2. The van der Waals surface area contributed by atoms with Crippen molar-refractivity contribution in [2.75, 3.05) is 6.54 Å². The zero-order valence-corrected chi connectivity index (χ0v) is 15.2. The van der Waals surface area contributed by atoms with Crippen LogP contribution in [0.25, 0.3) is 0 Å². The summed E-state index contributed by atoms with van der Waals surface area (Å²) < 4.78 is 0. The van der Waals surface area contributed by atoms with Crippen LogP contribution in [0.4, 0.5) is 0 Å². The summed E-state index contributed by atoms with van der Waals surface area (Å²) in [5.41, 5.74) is 1.91. The van der Waals surface area contributed by atoms with Gasteiger partial charge >= 0.3 is 0 Å². The first-order valence-corrected chi connectivity index (χ1v) is 9.58. The van der Waals surface area contributed by atoms with E-state index in [-0.39, 0.29) is 23.9 Å². The summed E-state index contributed by atoms with van der Waals surface area (Å²) in [4.78, 5) is 26.9. The van der Waals surface area contributed by atoms with E-state index in [1.54, 1.807) is 24.3 Å². The molecule has 1 aliphatic carbocycles. The molecule has 2 N–H and O–H groups in total. The zero-order valence-electron chi connectivity index (χ0n) is 15.2. The van der Waals surface area contributed by atoms with Crippen molar-refractivity contribution in [3.05, 3.63) is 71.3 Å². The number of nitrogens with zero attached hydrogens (tertiary/aromatic N) is 1. The molecule has 5 nitrogen and oxygen atoms in total. The van der Waals surface area contributed by atoms with Gasteiger partial charge in [-0.1, -0.05) is 42.5 Å². The van der Waals surface area contributed by atoms with Gasteiger partial charge in [0.15, 0.2) is 0 Å². The van der Waals surface area contributed by atoms with Crippen LogP contribution in [0.3, 0.4) is 0 Å². The van der Waals surface area contributed by atoms with Crippen LogP contribution in [0.2, 0.25) is 0 Å². The van der Waals surface area contributed by atoms with E-state index >= 15 is 0 Å². The second-order valence-electron chi connectivity index (χ2n) is 7.38. The number of amides is 2. The average molecular weight is 364 g/mol. The summed E-state index contributed by atoms with van der Waals surface area (Å²) in [5, 5.41) is 13.8. The van der Waals surface area contributed by atoms with Gasteiger partial charge in [0.1, 0.15) is 0 Å². The second-order valence-corrected chi connectivity index (χ2v) is 7.38. The molecule has 2 aromatic rings. The quantitative estimate of drug-likeness (QED) is 0.801. The fourth-order valence-electron chi connectivity index (χ4n) is 4.19. The van der Waals surface area contributed by atoms with Crippen molar-refractivity contribution in [2.24, 2.45) is 0 Å². The lowest BCUT2D eigenvalue weighted by molar-refractivity contribution is 0.0528. The number of rotatable bonds is 5. The Bertz CT molecular complexity index is 801. The fourth-order valence-corrected chi connectivity index (χ4v) is 4.19. The number of fused-ring (bicyclic) bond motifs is 1. The van der Waals surface area contributed by atoms with Gasteiger partial charge in [-0.25, -0.2) is 0 Å². The third-order valence-corrected chi connectivity index (χ3v) is 5.62. The van der Waals surface area contributed by atoms with Gasteiger partial charge in [0.2, 0.25) is 0 Å². The van der Waals surface area contributed by atoms with E-state index in [0.717, 1.165) is 31.2 Å². The highest BCUT2D eigenvalue weighted by Gasteiger charge is 2.41. The molecule has 0 saturated heterocycles. The van der Waals surface area contributed by atoms with E-state index < -0.39 is 6.10 Å². The predicted octanol–water partition coefficient (Wildman–Crippen LogP) is 2.92. The fraction of sp³-hybridized carbons (Fsp3) is 0.364. The molecular formula is C22H24N2O3. The highest BCUT2D eigenvalue weighted by Crippen LogP contribution is 2.31. The molecule has 140 valence electrons. The van der Waals surface area contributed by atoms with Gasteiger partial charge in [0.05, 0.1) is 17.2 Å². The monoisotopic (exact) mass is 364 g/mol. The Morgan fingerprint density at radius 1 is 0.963 bits per heavy atom. The Morgan fingerprint density at radius 2 is 1.59 bits per heavy atom. The molecule has 0 radical (unpaired) electrons. The Morgan fingerprint density at radius 3 is 2.26 bits per heavy atom. The molecule has 1 aliphatic heterocycles.